The maximum atomic E-state index is 11.7. The summed E-state index contributed by atoms with van der Waals surface area (Å²) in [4.78, 5) is 16.5. The van der Waals surface area contributed by atoms with E-state index in [0.717, 1.165) is 22.6 Å². The average Bonchev–Trinajstić information content (AvgIpc) is 2.98. The summed E-state index contributed by atoms with van der Waals surface area (Å²) in [6.07, 6.45) is 0.650. The highest BCUT2D eigenvalue weighted by Gasteiger charge is 2.11. The summed E-state index contributed by atoms with van der Waals surface area (Å²) in [6, 6.07) is 14.3. The van der Waals surface area contributed by atoms with Crippen molar-refractivity contribution in [1.82, 2.24) is 14.9 Å². The minimum absolute atomic E-state index is 0.124. The van der Waals surface area contributed by atoms with Gasteiger partial charge in [0.2, 0.25) is 5.91 Å². The molecule has 0 saturated heterocycles. The van der Waals surface area contributed by atoms with E-state index in [1.165, 1.54) is 11.1 Å². The molecular formula is C23H27N3O2. The highest BCUT2D eigenvalue weighted by atomic mass is 16.5. The van der Waals surface area contributed by atoms with Crippen LogP contribution in [0.15, 0.2) is 54.6 Å². The number of carbonyl (C=O) groups excluding carboxylic acids is 1. The van der Waals surface area contributed by atoms with E-state index in [2.05, 4.69) is 42.4 Å². The number of fused-ring (bicyclic) bond motifs is 1. The van der Waals surface area contributed by atoms with E-state index in [-0.39, 0.29) is 5.91 Å². The summed E-state index contributed by atoms with van der Waals surface area (Å²) >= 11 is 0. The first-order valence-electron chi connectivity index (χ1n) is 9.53. The third kappa shape index (κ3) is 4.80. The van der Waals surface area contributed by atoms with Gasteiger partial charge in [-0.25, -0.2) is 4.98 Å². The van der Waals surface area contributed by atoms with Crippen molar-refractivity contribution < 1.29 is 9.53 Å². The first kappa shape index (κ1) is 19.7. The third-order valence-electron chi connectivity index (χ3n) is 4.53. The number of benzene rings is 2. The second-order valence-electron chi connectivity index (χ2n) is 7.13. The van der Waals surface area contributed by atoms with E-state index < -0.39 is 0 Å². The molecule has 28 heavy (non-hydrogen) atoms. The lowest BCUT2D eigenvalue weighted by atomic mass is 10.1. The van der Waals surface area contributed by atoms with Crippen molar-refractivity contribution in [3.63, 3.8) is 0 Å². The summed E-state index contributed by atoms with van der Waals surface area (Å²) in [5.74, 6) is 1.70. The van der Waals surface area contributed by atoms with Crippen molar-refractivity contribution in [2.45, 2.75) is 33.7 Å². The van der Waals surface area contributed by atoms with Gasteiger partial charge in [0.1, 0.15) is 18.2 Å². The lowest BCUT2D eigenvalue weighted by Gasteiger charge is -2.12. The van der Waals surface area contributed by atoms with Crippen molar-refractivity contribution in [3.8, 4) is 5.75 Å². The monoisotopic (exact) mass is 377 g/mol. The number of imidazole rings is 1. The van der Waals surface area contributed by atoms with Crippen LogP contribution in [-0.4, -0.2) is 28.6 Å². The summed E-state index contributed by atoms with van der Waals surface area (Å²) in [7, 11) is 0. The van der Waals surface area contributed by atoms with Crippen LogP contribution in [0.2, 0.25) is 0 Å². The zero-order valence-electron chi connectivity index (χ0n) is 16.8. The minimum Gasteiger partial charge on any atom is -0.492 e. The van der Waals surface area contributed by atoms with Gasteiger partial charge in [0.05, 0.1) is 17.6 Å². The molecule has 3 rings (SSSR count). The fourth-order valence-electron chi connectivity index (χ4n) is 3.28. The van der Waals surface area contributed by atoms with Crippen LogP contribution in [0.5, 0.6) is 5.75 Å². The second kappa shape index (κ2) is 8.74. The Hall–Kier alpha value is -3.08. The van der Waals surface area contributed by atoms with Crippen LogP contribution in [-0.2, 0) is 17.8 Å². The predicted molar refractivity (Wildman–Crippen MR) is 113 cm³/mol. The number of aryl methyl sites for hydroxylation is 2. The van der Waals surface area contributed by atoms with Crippen LogP contribution in [0.4, 0.5) is 0 Å². The van der Waals surface area contributed by atoms with Crippen LogP contribution in [0.25, 0.3) is 11.0 Å². The zero-order chi connectivity index (χ0) is 20.1. The lowest BCUT2D eigenvalue weighted by molar-refractivity contribution is -0.117. The number of nitrogens with one attached hydrogen (secondary N) is 1. The standard InChI is InChI=1S/C23H27N3O2/c1-16(2)23(27)24-10-9-22-25-20-7-5-6-8-21(20)26(22)11-12-28-19-14-17(3)13-18(4)15-19/h5-8,13-15H,1,9-12H2,2-4H3,(H,24,27). The molecule has 146 valence electrons. The van der Waals surface area contributed by atoms with Crippen LogP contribution in [0, 0.1) is 13.8 Å². The number of hydrogen-bond acceptors (Lipinski definition) is 3. The minimum atomic E-state index is -0.124. The predicted octanol–water partition coefficient (Wildman–Crippen LogP) is 3.97. The number of rotatable bonds is 8. The molecule has 2 aromatic carbocycles. The second-order valence-corrected chi connectivity index (χ2v) is 7.13. The summed E-state index contributed by atoms with van der Waals surface area (Å²) < 4.78 is 8.16. The van der Waals surface area contributed by atoms with Gasteiger partial charge in [0, 0.05) is 18.5 Å². The third-order valence-corrected chi connectivity index (χ3v) is 4.53. The molecule has 0 fully saturated rings. The highest BCUT2D eigenvalue weighted by molar-refractivity contribution is 5.92. The van der Waals surface area contributed by atoms with E-state index in [9.17, 15) is 4.79 Å². The topological polar surface area (TPSA) is 56.2 Å². The van der Waals surface area contributed by atoms with E-state index >= 15 is 0 Å². The molecule has 0 aliphatic rings. The van der Waals surface area contributed by atoms with Crippen molar-refractivity contribution in [2.75, 3.05) is 13.2 Å². The molecule has 1 aromatic heterocycles. The lowest BCUT2D eigenvalue weighted by Crippen LogP contribution is -2.27. The molecule has 0 bridgehead atoms. The maximum absolute atomic E-state index is 11.7. The molecule has 1 N–H and O–H groups in total. The van der Waals surface area contributed by atoms with Gasteiger partial charge in [-0.3, -0.25) is 4.79 Å². The number of para-hydroxylation sites is 2. The van der Waals surface area contributed by atoms with Gasteiger partial charge in [-0.2, -0.15) is 0 Å². The molecule has 0 radical (unpaired) electrons. The molecule has 1 heterocycles. The Morgan fingerprint density at radius 2 is 1.89 bits per heavy atom. The molecule has 3 aromatic rings. The van der Waals surface area contributed by atoms with Gasteiger partial charge in [-0.05, 0) is 56.2 Å². The number of carbonyl (C=O) groups is 1. The Labute approximate surface area is 166 Å². The van der Waals surface area contributed by atoms with E-state index in [1.54, 1.807) is 6.92 Å². The number of aromatic nitrogens is 2. The maximum Gasteiger partial charge on any atom is 0.246 e. The molecule has 0 spiro atoms. The number of nitrogens with zero attached hydrogens (tertiary/aromatic N) is 2. The van der Waals surface area contributed by atoms with Crippen molar-refractivity contribution in [2.24, 2.45) is 0 Å². The number of amides is 1. The van der Waals surface area contributed by atoms with Crippen LogP contribution < -0.4 is 10.1 Å². The molecular weight excluding hydrogens is 350 g/mol. The van der Waals surface area contributed by atoms with Crippen molar-refractivity contribution >= 4 is 16.9 Å². The molecule has 5 nitrogen and oxygen atoms in total. The Morgan fingerprint density at radius 1 is 1.18 bits per heavy atom. The summed E-state index contributed by atoms with van der Waals surface area (Å²) in [5, 5.41) is 2.87. The highest BCUT2D eigenvalue weighted by Crippen LogP contribution is 2.18. The van der Waals surface area contributed by atoms with Gasteiger partial charge in [-0.1, -0.05) is 24.8 Å². The molecule has 1 amide bonds. The molecule has 0 aliphatic heterocycles. The molecule has 0 saturated carbocycles. The zero-order valence-corrected chi connectivity index (χ0v) is 16.8. The fourth-order valence-corrected chi connectivity index (χ4v) is 3.28. The smallest absolute Gasteiger partial charge is 0.246 e. The van der Waals surface area contributed by atoms with Crippen LogP contribution in [0.1, 0.15) is 23.9 Å². The molecule has 0 aliphatic carbocycles. The first-order valence-corrected chi connectivity index (χ1v) is 9.53. The Kier molecular flexibility index (Phi) is 6.14. The Balaban J connectivity index is 1.71. The summed E-state index contributed by atoms with van der Waals surface area (Å²) in [6.45, 7) is 11.3. The van der Waals surface area contributed by atoms with Gasteiger partial charge >= 0.3 is 0 Å². The van der Waals surface area contributed by atoms with E-state index in [0.29, 0.717) is 31.7 Å². The number of hydrogen-bond donors (Lipinski definition) is 1. The van der Waals surface area contributed by atoms with E-state index in [4.69, 9.17) is 9.72 Å². The van der Waals surface area contributed by atoms with Crippen LogP contribution in [0.3, 0.4) is 0 Å². The van der Waals surface area contributed by atoms with E-state index in [1.807, 2.05) is 30.3 Å². The van der Waals surface area contributed by atoms with Crippen molar-refractivity contribution in [1.29, 1.82) is 0 Å². The first-order chi connectivity index (χ1) is 13.4. The summed E-state index contributed by atoms with van der Waals surface area (Å²) in [5.41, 5.74) is 4.92. The molecule has 0 atom stereocenters. The Morgan fingerprint density at radius 3 is 2.61 bits per heavy atom. The average molecular weight is 377 g/mol. The number of ether oxygens (including phenoxy) is 1. The fraction of sp³-hybridized carbons (Fsp3) is 0.304. The quantitative estimate of drug-likeness (QED) is 0.605. The molecule has 0 unspecified atom stereocenters. The van der Waals surface area contributed by atoms with Gasteiger partial charge < -0.3 is 14.6 Å². The van der Waals surface area contributed by atoms with Crippen molar-refractivity contribution in [3.05, 3.63) is 71.6 Å². The van der Waals surface area contributed by atoms with Gasteiger partial charge in [0.25, 0.3) is 0 Å². The Bertz CT molecular complexity index is 984. The van der Waals surface area contributed by atoms with Crippen LogP contribution >= 0.6 is 0 Å². The SMILES string of the molecule is C=C(C)C(=O)NCCc1nc2ccccc2n1CCOc1cc(C)cc(C)c1. The van der Waals surface area contributed by atoms with Gasteiger partial charge in [0.15, 0.2) is 0 Å². The van der Waals surface area contributed by atoms with Gasteiger partial charge in [-0.15, -0.1) is 0 Å². The largest absolute Gasteiger partial charge is 0.492 e. The normalized spacial score (nSPS) is 10.8. The molecule has 5 heteroatoms.